The van der Waals surface area contributed by atoms with Gasteiger partial charge < -0.3 is 5.32 Å². The van der Waals surface area contributed by atoms with E-state index in [9.17, 15) is 22.8 Å². The molecule has 2 amide bonds. The Labute approximate surface area is 152 Å². The molecular weight excluding hydrogens is 361 g/mol. The summed E-state index contributed by atoms with van der Waals surface area (Å²) >= 11 is 0. The standard InChI is InChI=1S/C18H15F3N4O2/c1-12(26)23-17(18(19,20)21)16(27)25(11-13-6-5-9-22-10-13)15(24-17)14-7-3-2-4-8-14/h2-10H,11H2,1H3,(H,23,26). The molecule has 1 unspecified atom stereocenters. The zero-order valence-corrected chi connectivity index (χ0v) is 14.2. The van der Waals surface area contributed by atoms with Crippen LogP contribution in [0, 0.1) is 0 Å². The molecule has 6 nitrogen and oxygen atoms in total. The molecule has 1 aliphatic heterocycles. The molecule has 2 aromatic rings. The molecule has 9 heteroatoms. The number of amidine groups is 1. The van der Waals surface area contributed by atoms with E-state index in [1.54, 1.807) is 47.8 Å². The van der Waals surface area contributed by atoms with Crippen molar-refractivity contribution in [1.82, 2.24) is 15.2 Å². The molecule has 3 rings (SSSR count). The molecule has 1 aromatic carbocycles. The van der Waals surface area contributed by atoms with Gasteiger partial charge in [-0.25, -0.2) is 4.99 Å². The number of hydrogen-bond donors (Lipinski definition) is 1. The quantitative estimate of drug-likeness (QED) is 0.890. The first-order valence-electron chi connectivity index (χ1n) is 7.96. The van der Waals surface area contributed by atoms with Crippen LogP contribution in [0.5, 0.6) is 0 Å². The number of nitrogens with one attached hydrogen (secondary N) is 1. The Balaban J connectivity index is 2.13. The summed E-state index contributed by atoms with van der Waals surface area (Å²) in [6.45, 7) is 0.736. The molecule has 1 aromatic heterocycles. The fourth-order valence-corrected chi connectivity index (χ4v) is 2.78. The Hall–Kier alpha value is -3.23. The number of nitrogens with zero attached hydrogens (tertiary/aromatic N) is 3. The van der Waals surface area contributed by atoms with E-state index < -0.39 is 23.7 Å². The molecule has 0 fully saturated rings. The number of carbonyl (C=O) groups is 2. The Morgan fingerprint density at radius 2 is 1.89 bits per heavy atom. The summed E-state index contributed by atoms with van der Waals surface area (Å²) in [5, 5.41) is 1.70. The van der Waals surface area contributed by atoms with Crippen molar-refractivity contribution in [3.63, 3.8) is 0 Å². The lowest BCUT2D eigenvalue weighted by atomic mass is 10.1. The molecule has 0 saturated heterocycles. The van der Waals surface area contributed by atoms with Crippen molar-refractivity contribution >= 4 is 17.6 Å². The van der Waals surface area contributed by atoms with Gasteiger partial charge in [0.1, 0.15) is 5.84 Å². The van der Waals surface area contributed by atoms with E-state index in [-0.39, 0.29) is 12.4 Å². The number of aliphatic imine (C=N–C) groups is 1. The van der Waals surface area contributed by atoms with Crippen molar-refractivity contribution in [2.24, 2.45) is 4.99 Å². The molecule has 2 heterocycles. The number of pyridine rings is 1. The van der Waals surface area contributed by atoms with E-state index in [1.807, 2.05) is 0 Å². The zero-order valence-electron chi connectivity index (χ0n) is 14.2. The van der Waals surface area contributed by atoms with Gasteiger partial charge in [-0.3, -0.25) is 19.5 Å². The number of alkyl halides is 3. The van der Waals surface area contributed by atoms with Crippen LogP contribution in [0.1, 0.15) is 18.1 Å². The van der Waals surface area contributed by atoms with Gasteiger partial charge in [0.2, 0.25) is 5.91 Å². The highest BCUT2D eigenvalue weighted by atomic mass is 19.4. The van der Waals surface area contributed by atoms with E-state index in [4.69, 9.17) is 0 Å². The number of hydrogen-bond acceptors (Lipinski definition) is 4. The maximum absolute atomic E-state index is 13.8. The topological polar surface area (TPSA) is 74.7 Å². The Morgan fingerprint density at radius 3 is 2.44 bits per heavy atom. The SMILES string of the molecule is CC(=O)NC1(C(F)(F)F)N=C(c2ccccc2)N(Cc2cccnc2)C1=O. The Morgan fingerprint density at radius 1 is 1.19 bits per heavy atom. The van der Waals surface area contributed by atoms with Gasteiger partial charge in [-0.15, -0.1) is 0 Å². The van der Waals surface area contributed by atoms with Crippen LogP contribution in [0.2, 0.25) is 0 Å². The van der Waals surface area contributed by atoms with Crippen molar-refractivity contribution in [3.8, 4) is 0 Å². The summed E-state index contributed by atoms with van der Waals surface area (Å²) < 4.78 is 41.5. The van der Waals surface area contributed by atoms with Gasteiger partial charge in [0.15, 0.2) is 0 Å². The third-order valence-electron chi connectivity index (χ3n) is 3.95. The maximum atomic E-state index is 13.8. The number of halogens is 3. The van der Waals surface area contributed by atoms with Gasteiger partial charge in [-0.2, -0.15) is 13.2 Å². The maximum Gasteiger partial charge on any atom is 0.442 e. The normalized spacial score (nSPS) is 19.8. The fraction of sp³-hybridized carbons (Fsp3) is 0.222. The Kier molecular flexibility index (Phi) is 4.69. The second-order valence-corrected chi connectivity index (χ2v) is 5.94. The van der Waals surface area contributed by atoms with Crippen LogP contribution < -0.4 is 5.32 Å². The van der Waals surface area contributed by atoms with Crippen LogP contribution in [0.25, 0.3) is 0 Å². The van der Waals surface area contributed by atoms with Gasteiger partial charge in [0, 0.05) is 24.9 Å². The molecule has 0 spiro atoms. The van der Waals surface area contributed by atoms with E-state index in [0.717, 1.165) is 11.8 Å². The van der Waals surface area contributed by atoms with Crippen LogP contribution in [-0.2, 0) is 16.1 Å². The molecule has 0 radical (unpaired) electrons. The Bertz CT molecular complexity index is 884. The van der Waals surface area contributed by atoms with Crippen molar-refractivity contribution < 1.29 is 22.8 Å². The summed E-state index contributed by atoms with van der Waals surface area (Å²) in [6, 6.07) is 11.3. The number of aromatic nitrogens is 1. The minimum absolute atomic E-state index is 0.169. The molecule has 1 N–H and O–H groups in total. The van der Waals surface area contributed by atoms with Crippen LogP contribution in [-0.4, -0.2) is 39.4 Å². The van der Waals surface area contributed by atoms with Crippen LogP contribution >= 0.6 is 0 Å². The fourth-order valence-electron chi connectivity index (χ4n) is 2.78. The summed E-state index contributed by atoms with van der Waals surface area (Å²) in [5.74, 6) is -2.55. The van der Waals surface area contributed by atoms with Gasteiger partial charge in [-0.1, -0.05) is 36.4 Å². The molecular formula is C18H15F3N4O2. The largest absolute Gasteiger partial charge is 0.442 e. The minimum atomic E-state index is -5.11. The molecule has 0 aliphatic carbocycles. The second kappa shape index (κ2) is 6.82. The van der Waals surface area contributed by atoms with E-state index in [1.165, 1.54) is 12.4 Å². The average Bonchev–Trinajstić information content (AvgIpc) is 2.90. The summed E-state index contributed by atoms with van der Waals surface area (Å²) in [7, 11) is 0. The number of benzene rings is 1. The van der Waals surface area contributed by atoms with Gasteiger partial charge in [-0.05, 0) is 11.6 Å². The summed E-state index contributed by atoms with van der Waals surface area (Å²) in [5.41, 5.74) is -2.51. The van der Waals surface area contributed by atoms with Crippen molar-refractivity contribution in [3.05, 3.63) is 66.0 Å². The van der Waals surface area contributed by atoms with Crippen molar-refractivity contribution in [2.45, 2.75) is 25.3 Å². The third kappa shape index (κ3) is 3.40. The highest BCUT2D eigenvalue weighted by Gasteiger charge is 2.66. The summed E-state index contributed by atoms with van der Waals surface area (Å²) in [6.07, 6.45) is -2.15. The van der Waals surface area contributed by atoms with Gasteiger partial charge in [0.25, 0.3) is 5.91 Å². The molecule has 140 valence electrons. The van der Waals surface area contributed by atoms with E-state index in [2.05, 4.69) is 9.98 Å². The smallest absolute Gasteiger partial charge is 0.317 e. The molecule has 0 saturated carbocycles. The molecule has 0 bridgehead atoms. The minimum Gasteiger partial charge on any atom is -0.317 e. The molecule has 1 atom stereocenters. The monoisotopic (exact) mass is 376 g/mol. The second-order valence-electron chi connectivity index (χ2n) is 5.94. The predicted octanol–water partition coefficient (Wildman–Crippen LogP) is 2.27. The summed E-state index contributed by atoms with van der Waals surface area (Å²) in [4.78, 5) is 32.8. The van der Waals surface area contributed by atoms with Gasteiger partial charge >= 0.3 is 11.8 Å². The highest BCUT2D eigenvalue weighted by molar-refractivity contribution is 6.16. The lowest BCUT2D eigenvalue weighted by Crippen LogP contribution is -2.63. The average molecular weight is 376 g/mol. The molecule has 1 aliphatic rings. The van der Waals surface area contributed by atoms with E-state index in [0.29, 0.717) is 11.1 Å². The van der Waals surface area contributed by atoms with Crippen molar-refractivity contribution in [1.29, 1.82) is 0 Å². The lowest BCUT2D eigenvalue weighted by Gasteiger charge is -2.28. The number of rotatable bonds is 4. The number of amides is 2. The molecule has 27 heavy (non-hydrogen) atoms. The first kappa shape index (κ1) is 18.6. The van der Waals surface area contributed by atoms with E-state index >= 15 is 0 Å². The van der Waals surface area contributed by atoms with Gasteiger partial charge in [0.05, 0.1) is 6.54 Å². The predicted molar refractivity (Wildman–Crippen MR) is 90.4 cm³/mol. The van der Waals surface area contributed by atoms with Crippen LogP contribution in [0.3, 0.4) is 0 Å². The number of carbonyl (C=O) groups excluding carboxylic acids is 2. The van der Waals surface area contributed by atoms with Crippen LogP contribution in [0.15, 0.2) is 59.9 Å². The first-order chi connectivity index (χ1) is 12.7. The lowest BCUT2D eigenvalue weighted by molar-refractivity contribution is -0.200. The third-order valence-corrected chi connectivity index (χ3v) is 3.95. The first-order valence-corrected chi connectivity index (χ1v) is 7.96. The zero-order chi connectivity index (χ0) is 19.7. The van der Waals surface area contributed by atoms with Crippen LogP contribution in [0.4, 0.5) is 13.2 Å². The van der Waals surface area contributed by atoms with Crippen molar-refractivity contribution in [2.75, 3.05) is 0 Å². The highest BCUT2D eigenvalue weighted by Crippen LogP contribution is 2.38.